The lowest BCUT2D eigenvalue weighted by molar-refractivity contribution is -0.121. The maximum atomic E-state index is 13.1. The van der Waals surface area contributed by atoms with Crippen LogP contribution in [0.5, 0.6) is 0 Å². The second kappa shape index (κ2) is 9.95. The number of piperidine rings is 2. The van der Waals surface area contributed by atoms with Crippen molar-refractivity contribution in [2.45, 2.75) is 38.0 Å². The van der Waals surface area contributed by atoms with Gasteiger partial charge in [0.15, 0.2) is 0 Å². The van der Waals surface area contributed by atoms with Gasteiger partial charge in [-0.3, -0.25) is 9.59 Å². The van der Waals surface area contributed by atoms with Crippen molar-refractivity contribution in [3.63, 3.8) is 0 Å². The Morgan fingerprint density at radius 3 is 2.36 bits per heavy atom. The van der Waals surface area contributed by atoms with E-state index in [1.165, 1.54) is 11.3 Å². The van der Waals surface area contributed by atoms with Crippen LogP contribution in [-0.2, 0) is 14.8 Å². The third-order valence-electron chi connectivity index (χ3n) is 6.41. The summed E-state index contributed by atoms with van der Waals surface area (Å²) in [6, 6.07) is 10.0. The number of carbonyl (C=O) groups excluding carboxylic acids is 2. The third kappa shape index (κ3) is 5.47. The Kier molecular flexibility index (Phi) is 7.21. The summed E-state index contributed by atoms with van der Waals surface area (Å²) in [7, 11) is -3.55. The summed E-state index contributed by atoms with van der Waals surface area (Å²) < 4.78 is 27.7. The normalized spacial score (nSPS) is 24.4. The summed E-state index contributed by atoms with van der Waals surface area (Å²) in [4.78, 5) is 28.2. The van der Waals surface area contributed by atoms with Crippen molar-refractivity contribution in [1.82, 2.24) is 9.21 Å². The number of hydrogen-bond acceptors (Lipinski definition) is 5. The molecule has 0 radical (unpaired) electrons. The standard InChI is InChI=1S/C24H31N3O4S2/c1-17-13-18(2)15-27(14-17)33(30,31)21-9-7-20(8-10-21)25-23(28)19-5-3-11-26(16-19)24(29)22-6-4-12-32-22/h4,6-10,12,17-19H,3,5,11,13-16H2,1-2H3,(H,25,28). The number of amides is 2. The van der Waals surface area contributed by atoms with Crippen molar-refractivity contribution in [3.05, 3.63) is 46.7 Å². The number of benzene rings is 1. The number of nitrogens with zero attached hydrogens (tertiary/aromatic N) is 2. The zero-order valence-corrected chi connectivity index (χ0v) is 20.7. The molecule has 178 valence electrons. The first-order valence-electron chi connectivity index (χ1n) is 11.5. The van der Waals surface area contributed by atoms with E-state index in [9.17, 15) is 18.0 Å². The molecule has 4 rings (SSSR count). The van der Waals surface area contributed by atoms with E-state index < -0.39 is 10.0 Å². The van der Waals surface area contributed by atoms with Crippen molar-refractivity contribution < 1.29 is 18.0 Å². The van der Waals surface area contributed by atoms with Crippen LogP contribution in [0.15, 0.2) is 46.7 Å². The second-order valence-corrected chi connectivity index (χ2v) is 12.2. The Morgan fingerprint density at radius 1 is 1.03 bits per heavy atom. The minimum absolute atomic E-state index is 0.0293. The molecular weight excluding hydrogens is 458 g/mol. The van der Waals surface area contributed by atoms with E-state index >= 15 is 0 Å². The van der Waals surface area contributed by atoms with Gasteiger partial charge in [0.1, 0.15) is 0 Å². The number of hydrogen-bond donors (Lipinski definition) is 1. The van der Waals surface area contributed by atoms with Gasteiger partial charge < -0.3 is 10.2 Å². The lowest BCUT2D eigenvalue weighted by atomic mass is 9.94. The highest BCUT2D eigenvalue weighted by molar-refractivity contribution is 7.89. The maximum absolute atomic E-state index is 13.1. The number of rotatable bonds is 5. The van der Waals surface area contributed by atoms with Crippen LogP contribution in [0.1, 0.15) is 42.8 Å². The van der Waals surface area contributed by atoms with Gasteiger partial charge >= 0.3 is 0 Å². The molecule has 2 aromatic rings. The van der Waals surface area contributed by atoms with Crippen molar-refractivity contribution in [3.8, 4) is 0 Å². The van der Waals surface area contributed by atoms with E-state index in [2.05, 4.69) is 19.2 Å². The fourth-order valence-electron chi connectivity index (χ4n) is 4.84. The van der Waals surface area contributed by atoms with Gasteiger partial charge in [0.25, 0.3) is 5.91 Å². The molecule has 7 nitrogen and oxygen atoms in total. The van der Waals surface area contributed by atoms with Crippen LogP contribution in [-0.4, -0.2) is 55.6 Å². The zero-order chi connectivity index (χ0) is 23.6. The van der Waals surface area contributed by atoms with Gasteiger partial charge in [0.2, 0.25) is 15.9 Å². The second-order valence-electron chi connectivity index (χ2n) is 9.35. The van der Waals surface area contributed by atoms with Gasteiger partial charge in [-0.2, -0.15) is 4.31 Å². The fraction of sp³-hybridized carbons (Fsp3) is 0.500. The Hall–Kier alpha value is -2.23. The van der Waals surface area contributed by atoms with E-state index in [4.69, 9.17) is 0 Å². The number of likely N-dealkylation sites (tertiary alicyclic amines) is 1. The molecule has 0 aliphatic carbocycles. The summed E-state index contributed by atoms with van der Waals surface area (Å²) in [5.74, 6) is 0.210. The Balaban J connectivity index is 1.38. The summed E-state index contributed by atoms with van der Waals surface area (Å²) in [5.41, 5.74) is 0.557. The van der Waals surface area contributed by atoms with Crippen LogP contribution in [0.4, 0.5) is 5.69 Å². The predicted molar refractivity (Wildman–Crippen MR) is 130 cm³/mol. The van der Waals surface area contributed by atoms with E-state index in [0.717, 1.165) is 19.3 Å². The molecule has 0 spiro atoms. The highest BCUT2D eigenvalue weighted by Gasteiger charge is 2.32. The van der Waals surface area contributed by atoms with Crippen LogP contribution in [0.25, 0.3) is 0 Å². The molecule has 0 bridgehead atoms. The van der Waals surface area contributed by atoms with Gasteiger partial charge in [-0.05, 0) is 66.8 Å². The first-order chi connectivity index (χ1) is 15.7. The van der Waals surface area contributed by atoms with Gasteiger partial charge in [0, 0.05) is 31.9 Å². The third-order valence-corrected chi connectivity index (χ3v) is 9.11. The number of anilines is 1. The highest BCUT2D eigenvalue weighted by atomic mass is 32.2. The van der Waals surface area contributed by atoms with Gasteiger partial charge in [-0.25, -0.2) is 8.42 Å². The van der Waals surface area contributed by atoms with E-state index in [1.54, 1.807) is 39.5 Å². The predicted octanol–water partition coefficient (Wildman–Crippen LogP) is 3.91. The SMILES string of the molecule is CC1CC(C)CN(S(=O)(=O)c2ccc(NC(=O)C3CCCN(C(=O)c4cccs4)C3)cc2)C1. The summed E-state index contributed by atoms with van der Waals surface area (Å²) in [6.07, 6.45) is 2.53. The zero-order valence-electron chi connectivity index (χ0n) is 19.1. The van der Waals surface area contributed by atoms with Crippen LogP contribution in [0.2, 0.25) is 0 Å². The summed E-state index contributed by atoms with van der Waals surface area (Å²) in [5, 5.41) is 4.77. The number of thiophene rings is 1. The molecule has 2 fully saturated rings. The Bertz CT molecular complexity index is 1070. The molecule has 3 unspecified atom stereocenters. The van der Waals surface area contributed by atoms with Gasteiger partial charge in [-0.1, -0.05) is 19.9 Å². The number of carbonyl (C=O) groups is 2. The lowest BCUT2D eigenvalue weighted by Gasteiger charge is -2.34. The molecule has 9 heteroatoms. The van der Waals surface area contributed by atoms with E-state index in [-0.39, 0.29) is 22.6 Å². The molecular formula is C24H31N3O4S2. The minimum Gasteiger partial charge on any atom is -0.337 e. The first-order valence-corrected chi connectivity index (χ1v) is 13.8. The summed E-state index contributed by atoms with van der Waals surface area (Å²) in [6.45, 7) is 6.27. The molecule has 2 amide bonds. The van der Waals surface area contributed by atoms with Crippen molar-refractivity contribution in [2.75, 3.05) is 31.5 Å². The molecule has 2 aliphatic heterocycles. The van der Waals surface area contributed by atoms with Crippen molar-refractivity contribution in [1.29, 1.82) is 0 Å². The largest absolute Gasteiger partial charge is 0.337 e. The Morgan fingerprint density at radius 2 is 1.73 bits per heavy atom. The molecule has 1 aromatic heterocycles. The highest BCUT2D eigenvalue weighted by Crippen LogP contribution is 2.28. The first kappa shape index (κ1) is 23.9. The average Bonchev–Trinajstić information content (AvgIpc) is 3.33. The van der Waals surface area contributed by atoms with Crippen LogP contribution >= 0.6 is 11.3 Å². The molecule has 3 atom stereocenters. The van der Waals surface area contributed by atoms with Crippen LogP contribution < -0.4 is 5.32 Å². The monoisotopic (exact) mass is 489 g/mol. The maximum Gasteiger partial charge on any atom is 0.263 e. The molecule has 2 saturated heterocycles. The van der Waals surface area contributed by atoms with Gasteiger partial charge in [-0.15, -0.1) is 11.3 Å². The smallest absolute Gasteiger partial charge is 0.263 e. The van der Waals surface area contributed by atoms with E-state index in [1.807, 2.05) is 11.4 Å². The summed E-state index contributed by atoms with van der Waals surface area (Å²) >= 11 is 1.41. The van der Waals surface area contributed by atoms with E-state index in [0.29, 0.717) is 48.6 Å². The number of sulfonamides is 1. The molecule has 3 heterocycles. The molecule has 1 aromatic carbocycles. The minimum atomic E-state index is -3.55. The van der Waals surface area contributed by atoms with Crippen LogP contribution in [0, 0.1) is 17.8 Å². The number of nitrogens with one attached hydrogen (secondary N) is 1. The molecule has 33 heavy (non-hydrogen) atoms. The van der Waals surface area contributed by atoms with Gasteiger partial charge in [0.05, 0.1) is 15.7 Å². The average molecular weight is 490 g/mol. The Labute approximate surface area is 199 Å². The molecule has 0 saturated carbocycles. The van der Waals surface area contributed by atoms with Crippen molar-refractivity contribution in [2.24, 2.45) is 17.8 Å². The topological polar surface area (TPSA) is 86.8 Å². The molecule has 1 N–H and O–H groups in total. The van der Waals surface area contributed by atoms with Crippen LogP contribution in [0.3, 0.4) is 0 Å². The lowest BCUT2D eigenvalue weighted by Crippen LogP contribution is -2.43. The fourth-order valence-corrected chi connectivity index (χ4v) is 7.21. The quantitative estimate of drug-likeness (QED) is 0.690. The van der Waals surface area contributed by atoms with Crippen molar-refractivity contribution >= 4 is 38.9 Å². The molecule has 2 aliphatic rings.